The topological polar surface area (TPSA) is 58.6 Å². The van der Waals surface area contributed by atoms with E-state index in [0.717, 1.165) is 48.2 Å². The van der Waals surface area contributed by atoms with E-state index in [1.807, 2.05) is 12.1 Å². The number of carbonyl (C=O) groups is 2. The van der Waals surface area contributed by atoms with E-state index >= 15 is 0 Å². The molecule has 2 aromatic carbocycles. The van der Waals surface area contributed by atoms with E-state index in [1.54, 1.807) is 0 Å². The molecule has 0 radical (unpaired) electrons. The van der Waals surface area contributed by atoms with E-state index in [-0.39, 0.29) is 11.8 Å². The Labute approximate surface area is 166 Å². The zero-order valence-electron chi connectivity index (χ0n) is 16.9. The lowest BCUT2D eigenvalue weighted by atomic mass is 10.1. The van der Waals surface area contributed by atoms with Gasteiger partial charge < -0.3 is 5.32 Å². The molecule has 0 aliphatic carbocycles. The molecule has 0 bridgehead atoms. The second-order valence-electron chi connectivity index (χ2n) is 7.23. The van der Waals surface area contributed by atoms with Crippen LogP contribution in [0.15, 0.2) is 36.4 Å². The fourth-order valence-electron chi connectivity index (χ4n) is 3.67. The molecule has 1 N–H and O–H groups in total. The number of nitrogens with one attached hydrogen (secondary N) is 1. The van der Waals surface area contributed by atoms with E-state index < -0.39 is 0 Å². The third kappa shape index (κ3) is 4.42. The first-order valence-electron chi connectivity index (χ1n) is 9.96. The summed E-state index contributed by atoms with van der Waals surface area (Å²) in [6.45, 7) is 4.30. The van der Waals surface area contributed by atoms with Gasteiger partial charge >= 0.3 is 0 Å². The standard InChI is InChI=1S/C12H15NO2.C11H13NO/c1-3-4-9-5-6-10-8-12(14)13(15-2)11(10)7-9;1-2-3-8-4-5-9-7-11(13)12-10(9)6-8/h5-7H,3-4,8H2,1-2H3;4-6H,2-3,7H2,1H3,(H,12,13). The number of anilines is 2. The van der Waals surface area contributed by atoms with Crippen LogP contribution in [0.3, 0.4) is 0 Å². The van der Waals surface area contributed by atoms with Crippen molar-refractivity contribution in [1.82, 2.24) is 0 Å². The van der Waals surface area contributed by atoms with Gasteiger partial charge in [0.1, 0.15) is 0 Å². The molecule has 0 saturated carbocycles. The average molecular weight is 380 g/mol. The molecule has 5 nitrogen and oxygen atoms in total. The Morgan fingerprint density at radius 3 is 2.21 bits per heavy atom. The van der Waals surface area contributed by atoms with Crippen LogP contribution in [0.1, 0.15) is 48.9 Å². The predicted octanol–water partition coefficient (Wildman–Crippen LogP) is 4.22. The lowest BCUT2D eigenvalue weighted by molar-refractivity contribution is -0.123. The lowest BCUT2D eigenvalue weighted by Gasteiger charge is -2.14. The molecule has 4 rings (SSSR count). The van der Waals surface area contributed by atoms with Crippen LogP contribution in [-0.4, -0.2) is 18.9 Å². The van der Waals surface area contributed by atoms with E-state index in [0.29, 0.717) is 12.8 Å². The van der Waals surface area contributed by atoms with Gasteiger partial charge in [-0.25, -0.2) is 0 Å². The maximum atomic E-state index is 11.5. The fraction of sp³-hybridized carbons (Fsp3) is 0.391. The van der Waals surface area contributed by atoms with Crippen LogP contribution in [-0.2, 0) is 40.1 Å². The van der Waals surface area contributed by atoms with Gasteiger partial charge in [-0.15, -0.1) is 0 Å². The zero-order chi connectivity index (χ0) is 20.1. The van der Waals surface area contributed by atoms with Crippen molar-refractivity contribution in [2.24, 2.45) is 0 Å². The lowest BCUT2D eigenvalue weighted by Crippen LogP contribution is -2.25. The Bertz CT molecular complexity index is 876. The molecule has 2 aromatic rings. The molecule has 0 atom stereocenters. The molecule has 148 valence electrons. The van der Waals surface area contributed by atoms with Crippen molar-refractivity contribution < 1.29 is 14.4 Å². The molecule has 28 heavy (non-hydrogen) atoms. The smallest absolute Gasteiger partial charge is 0.255 e. The van der Waals surface area contributed by atoms with Gasteiger partial charge in [-0.05, 0) is 47.2 Å². The molecular weight excluding hydrogens is 352 g/mol. The Hall–Kier alpha value is -2.66. The molecule has 2 amide bonds. The molecule has 2 heterocycles. The maximum absolute atomic E-state index is 11.5. The van der Waals surface area contributed by atoms with Crippen LogP contribution in [0.5, 0.6) is 0 Å². The summed E-state index contributed by atoms with van der Waals surface area (Å²) in [6, 6.07) is 12.4. The molecule has 5 heteroatoms. The summed E-state index contributed by atoms with van der Waals surface area (Å²) in [7, 11) is 1.53. The minimum atomic E-state index is 0.0150. The van der Waals surface area contributed by atoms with Crippen molar-refractivity contribution >= 4 is 23.2 Å². The van der Waals surface area contributed by atoms with Crippen LogP contribution < -0.4 is 10.4 Å². The third-order valence-electron chi connectivity index (χ3n) is 5.00. The van der Waals surface area contributed by atoms with Gasteiger partial charge in [0.05, 0.1) is 25.6 Å². The van der Waals surface area contributed by atoms with Gasteiger partial charge in [0.2, 0.25) is 5.91 Å². The molecular formula is C23H28N2O3. The highest BCUT2D eigenvalue weighted by Gasteiger charge is 2.27. The predicted molar refractivity (Wildman–Crippen MR) is 111 cm³/mol. The number of rotatable bonds is 5. The second kappa shape index (κ2) is 9.02. The largest absolute Gasteiger partial charge is 0.326 e. The normalized spacial score (nSPS) is 14.3. The van der Waals surface area contributed by atoms with Gasteiger partial charge in [-0.2, -0.15) is 5.06 Å². The van der Waals surface area contributed by atoms with Crippen LogP contribution in [0, 0.1) is 0 Å². The molecule has 2 aliphatic rings. The highest BCUT2D eigenvalue weighted by molar-refractivity contribution is 6.00. The van der Waals surface area contributed by atoms with Crippen molar-refractivity contribution in [2.45, 2.75) is 52.4 Å². The van der Waals surface area contributed by atoms with Crippen LogP contribution in [0.25, 0.3) is 0 Å². The summed E-state index contributed by atoms with van der Waals surface area (Å²) in [5.74, 6) is 0.129. The van der Waals surface area contributed by atoms with E-state index in [9.17, 15) is 9.59 Å². The van der Waals surface area contributed by atoms with Crippen LogP contribution >= 0.6 is 0 Å². The minimum Gasteiger partial charge on any atom is -0.326 e. The number of aryl methyl sites for hydroxylation is 2. The monoisotopic (exact) mass is 380 g/mol. The summed E-state index contributed by atoms with van der Waals surface area (Å²) >= 11 is 0. The van der Waals surface area contributed by atoms with Crippen LogP contribution in [0.2, 0.25) is 0 Å². The number of benzene rings is 2. The average Bonchev–Trinajstić information content (AvgIpc) is 3.19. The fourth-order valence-corrected chi connectivity index (χ4v) is 3.67. The van der Waals surface area contributed by atoms with E-state index in [1.165, 1.54) is 23.3 Å². The first-order chi connectivity index (χ1) is 13.5. The summed E-state index contributed by atoms with van der Waals surface area (Å²) in [5, 5.41) is 4.24. The number of hydroxylamine groups is 1. The van der Waals surface area contributed by atoms with Gasteiger partial charge in [0, 0.05) is 5.69 Å². The number of carbonyl (C=O) groups excluding carboxylic acids is 2. The van der Waals surface area contributed by atoms with Crippen molar-refractivity contribution in [3.63, 3.8) is 0 Å². The Morgan fingerprint density at radius 1 is 0.929 bits per heavy atom. The molecule has 0 saturated heterocycles. The SMILES string of the molecule is CCCc1ccc2c(c1)N(OC)C(=O)C2.CCCc1ccc2c(c1)NC(=O)C2. The van der Waals surface area contributed by atoms with Crippen molar-refractivity contribution in [3.8, 4) is 0 Å². The van der Waals surface area contributed by atoms with Gasteiger partial charge in [0.25, 0.3) is 5.91 Å². The molecule has 0 unspecified atom stereocenters. The Balaban J connectivity index is 0.000000162. The Kier molecular flexibility index (Phi) is 6.47. The third-order valence-corrected chi connectivity index (χ3v) is 5.00. The second-order valence-corrected chi connectivity index (χ2v) is 7.23. The van der Waals surface area contributed by atoms with Gasteiger partial charge in [-0.1, -0.05) is 51.0 Å². The first kappa shape index (κ1) is 20.1. The molecule has 0 aromatic heterocycles. The maximum Gasteiger partial charge on any atom is 0.255 e. The van der Waals surface area contributed by atoms with Crippen molar-refractivity contribution in [3.05, 3.63) is 58.7 Å². The number of amides is 2. The number of hydrogen-bond acceptors (Lipinski definition) is 3. The zero-order valence-corrected chi connectivity index (χ0v) is 16.9. The number of hydrogen-bond donors (Lipinski definition) is 1. The van der Waals surface area contributed by atoms with Crippen LogP contribution in [0.4, 0.5) is 11.4 Å². The quantitative estimate of drug-likeness (QED) is 0.845. The summed E-state index contributed by atoms with van der Waals surface area (Å²) in [6.07, 6.45) is 5.38. The van der Waals surface area contributed by atoms with Gasteiger partial charge in [-0.3, -0.25) is 14.4 Å². The number of nitrogens with zero attached hydrogens (tertiary/aromatic N) is 1. The van der Waals surface area contributed by atoms with E-state index in [4.69, 9.17) is 4.84 Å². The summed E-state index contributed by atoms with van der Waals surface area (Å²) < 4.78 is 0. The first-order valence-corrected chi connectivity index (χ1v) is 9.96. The summed E-state index contributed by atoms with van der Waals surface area (Å²) in [5.41, 5.74) is 6.67. The van der Waals surface area contributed by atoms with Crippen molar-refractivity contribution in [2.75, 3.05) is 17.5 Å². The highest BCUT2D eigenvalue weighted by atomic mass is 16.7. The molecule has 2 aliphatic heterocycles. The minimum absolute atomic E-state index is 0.0150. The number of fused-ring (bicyclic) bond motifs is 2. The molecule has 0 fully saturated rings. The van der Waals surface area contributed by atoms with Crippen molar-refractivity contribution in [1.29, 1.82) is 0 Å². The highest BCUT2D eigenvalue weighted by Crippen LogP contribution is 2.30. The molecule has 0 spiro atoms. The Morgan fingerprint density at radius 2 is 1.57 bits per heavy atom. The van der Waals surface area contributed by atoms with Gasteiger partial charge in [0.15, 0.2) is 0 Å². The van der Waals surface area contributed by atoms with E-state index in [2.05, 4.69) is 43.4 Å². The summed E-state index contributed by atoms with van der Waals surface area (Å²) in [4.78, 5) is 27.7.